The van der Waals surface area contributed by atoms with Crippen LogP contribution in [0.15, 0.2) is 30.3 Å². The molecule has 1 aromatic carbocycles. The largest absolute Gasteiger partial charge is 0.445 e. The number of fused-ring (bicyclic) bond motifs is 1. The summed E-state index contributed by atoms with van der Waals surface area (Å²) in [7, 11) is 0. The van der Waals surface area contributed by atoms with Gasteiger partial charge in [0.25, 0.3) is 0 Å². The number of aliphatic hydroxyl groups excluding tert-OH is 1. The number of carbonyl (C=O) groups excluding carboxylic acids is 1. The van der Waals surface area contributed by atoms with E-state index in [0.717, 1.165) is 31.5 Å². The quantitative estimate of drug-likeness (QED) is 0.886. The third-order valence-electron chi connectivity index (χ3n) is 4.19. The fraction of sp³-hybridized carbons (Fsp3) is 0.533. The van der Waals surface area contributed by atoms with Crippen molar-refractivity contribution < 1.29 is 14.6 Å². The van der Waals surface area contributed by atoms with Crippen molar-refractivity contribution in [2.45, 2.75) is 25.6 Å². The molecule has 1 saturated carbocycles. The second-order valence-corrected chi connectivity index (χ2v) is 5.59. The summed E-state index contributed by atoms with van der Waals surface area (Å²) in [6.07, 6.45) is 1.26. The van der Waals surface area contributed by atoms with Gasteiger partial charge in [-0.2, -0.15) is 0 Å². The van der Waals surface area contributed by atoms with Crippen LogP contribution in [-0.4, -0.2) is 35.3 Å². The van der Waals surface area contributed by atoms with Crippen LogP contribution in [0, 0.1) is 11.8 Å². The van der Waals surface area contributed by atoms with Gasteiger partial charge in [0.1, 0.15) is 6.61 Å². The minimum absolute atomic E-state index is 0.169. The highest BCUT2D eigenvalue weighted by atomic mass is 16.6. The van der Waals surface area contributed by atoms with Crippen molar-refractivity contribution in [2.75, 3.05) is 13.1 Å². The van der Waals surface area contributed by atoms with E-state index >= 15 is 0 Å². The van der Waals surface area contributed by atoms with Crippen LogP contribution in [0.1, 0.15) is 18.4 Å². The second-order valence-electron chi connectivity index (χ2n) is 5.59. The highest BCUT2D eigenvalue weighted by Gasteiger charge is 2.42. The molecule has 3 rings (SSSR count). The molecule has 1 N–H and O–H groups in total. The van der Waals surface area contributed by atoms with E-state index in [2.05, 4.69) is 0 Å². The van der Waals surface area contributed by atoms with Crippen LogP contribution in [0.5, 0.6) is 0 Å². The Hall–Kier alpha value is -1.55. The molecule has 1 aliphatic heterocycles. The first-order valence-corrected chi connectivity index (χ1v) is 6.86. The Balaban J connectivity index is 1.50. The van der Waals surface area contributed by atoms with Gasteiger partial charge >= 0.3 is 6.09 Å². The van der Waals surface area contributed by atoms with E-state index in [4.69, 9.17) is 4.74 Å². The SMILES string of the molecule is O=C(OCc1ccccc1)N1C[C@H]2C[C@@H](O)C[C@H]2C1. The first kappa shape index (κ1) is 12.5. The molecule has 0 aromatic heterocycles. The number of nitrogens with zero attached hydrogens (tertiary/aromatic N) is 1. The molecule has 102 valence electrons. The van der Waals surface area contributed by atoms with Gasteiger partial charge in [-0.05, 0) is 30.2 Å². The summed E-state index contributed by atoms with van der Waals surface area (Å²) in [5, 5.41) is 9.58. The maximum Gasteiger partial charge on any atom is 0.410 e. The molecule has 19 heavy (non-hydrogen) atoms. The minimum Gasteiger partial charge on any atom is -0.445 e. The Kier molecular flexibility index (Phi) is 3.42. The van der Waals surface area contributed by atoms with Gasteiger partial charge in [0.15, 0.2) is 0 Å². The van der Waals surface area contributed by atoms with E-state index in [1.165, 1.54) is 0 Å². The zero-order valence-electron chi connectivity index (χ0n) is 10.9. The van der Waals surface area contributed by atoms with Crippen LogP contribution in [0.2, 0.25) is 0 Å². The molecule has 3 atom stereocenters. The van der Waals surface area contributed by atoms with Crippen LogP contribution in [0.3, 0.4) is 0 Å². The first-order chi connectivity index (χ1) is 9.22. The molecule has 1 amide bonds. The maximum absolute atomic E-state index is 12.0. The third kappa shape index (κ3) is 2.73. The topological polar surface area (TPSA) is 49.8 Å². The van der Waals surface area contributed by atoms with E-state index < -0.39 is 0 Å². The van der Waals surface area contributed by atoms with Crippen molar-refractivity contribution in [2.24, 2.45) is 11.8 Å². The predicted molar refractivity (Wildman–Crippen MR) is 70.4 cm³/mol. The number of likely N-dealkylation sites (tertiary alicyclic amines) is 1. The smallest absolute Gasteiger partial charge is 0.410 e. The normalized spacial score (nSPS) is 29.3. The van der Waals surface area contributed by atoms with Gasteiger partial charge in [0.2, 0.25) is 0 Å². The highest BCUT2D eigenvalue weighted by Crippen LogP contribution is 2.38. The van der Waals surface area contributed by atoms with Crippen molar-refractivity contribution in [3.05, 3.63) is 35.9 Å². The van der Waals surface area contributed by atoms with E-state index in [1.807, 2.05) is 30.3 Å². The number of hydrogen-bond acceptors (Lipinski definition) is 3. The third-order valence-corrected chi connectivity index (χ3v) is 4.19. The molecule has 2 fully saturated rings. The predicted octanol–water partition coefficient (Wildman–Crippen LogP) is 2.03. The van der Waals surface area contributed by atoms with Gasteiger partial charge < -0.3 is 14.7 Å². The number of hydrogen-bond donors (Lipinski definition) is 1. The second kappa shape index (κ2) is 5.21. The van der Waals surface area contributed by atoms with Crippen LogP contribution < -0.4 is 0 Å². The zero-order chi connectivity index (χ0) is 13.2. The fourth-order valence-corrected chi connectivity index (χ4v) is 3.23. The Morgan fingerprint density at radius 1 is 1.21 bits per heavy atom. The van der Waals surface area contributed by atoms with E-state index in [9.17, 15) is 9.90 Å². The first-order valence-electron chi connectivity index (χ1n) is 6.86. The van der Waals surface area contributed by atoms with E-state index in [1.54, 1.807) is 4.90 Å². The lowest BCUT2D eigenvalue weighted by Gasteiger charge is -2.17. The lowest BCUT2D eigenvalue weighted by Crippen LogP contribution is -2.30. The van der Waals surface area contributed by atoms with Crippen molar-refractivity contribution in [1.82, 2.24) is 4.90 Å². The molecule has 0 bridgehead atoms. The molecule has 1 aromatic rings. The lowest BCUT2D eigenvalue weighted by atomic mass is 10.0. The van der Waals surface area contributed by atoms with Crippen molar-refractivity contribution in [3.8, 4) is 0 Å². The van der Waals surface area contributed by atoms with Crippen LogP contribution in [-0.2, 0) is 11.3 Å². The number of ether oxygens (including phenoxy) is 1. The Labute approximate surface area is 113 Å². The summed E-state index contributed by atoms with van der Waals surface area (Å²) < 4.78 is 5.33. The van der Waals surface area contributed by atoms with Gasteiger partial charge in [-0.15, -0.1) is 0 Å². The average Bonchev–Trinajstić information content (AvgIpc) is 2.94. The molecular weight excluding hydrogens is 242 g/mol. The molecule has 1 aliphatic carbocycles. The summed E-state index contributed by atoms with van der Waals surface area (Å²) >= 11 is 0. The van der Waals surface area contributed by atoms with Gasteiger partial charge in [0, 0.05) is 13.1 Å². The van der Waals surface area contributed by atoms with Crippen molar-refractivity contribution in [1.29, 1.82) is 0 Å². The molecule has 1 heterocycles. The number of benzene rings is 1. The van der Waals surface area contributed by atoms with Crippen molar-refractivity contribution in [3.63, 3.8) is 0 Å². The summed E-state index contributed by atoms with van der Waals surface area (Å²) in [6.45, 7) is 1.79. The summed E-state index contributed by atoms with van der Waals surface area (Å²) in [6, 6.07) is 9.71. The number of rotatable bonds is 2. The molecule has 0 spiro atoms. The summed E-state index contributed by atoms with van der Waals surface area (Å²) in [4.78, 5) is 13.8. The standard InChI is InChI=1S/C15H19NO3/c17-14-6-12-8-16(9-13(12)7-14)15(18)19-10-11-4-2-1-3-5-11/h1-5,12-14,17H,6-10H2/t12-,13+,14-. The number of carbonyl (C=O) groups is 1. The van der Waals surface area contributed by atoms with E-state index in [0.29, 0.717) is 18.4 Å². The van der Waals surface area contributed by atoms with Crippen LogP contribution >= 0.6 is 0 Å². The van der Waals surface area contributed by atoms with Gasteiger partial charge in [-0.3, -0.25) is 0 Å². The molecule has 0 unspecified atom stereocenters. The lowest BCUT2D eigenvalue weighted by molar-refractivity contribution is 0.0972. The summed E-state index contributed by atoms with van der Waals surface area (Å²) in [5.74, 6) is 0.915. The molecule has 1 saturated heterocycles. The Morgan fingerprint density at radius 3 is 2.47 bits per heavy atom. The highest BCUT2D eigenvalue weighted by molar-refractivity contribution is 5.68. The van der Waals surface area contributed by atoms with Crippen LogP contribution in [0.4, 0.5) is 4.79 Å². The number of aliphatic hydroxyl groups is 1. The molecular formula is C15H19NO3. The van der Waals surface area contributed by atoms with E-state index in [-0.39, 0.29) is 12.2 Å². The fourth-order valence-electron chi connectivity index (χ4n) is 3.23. The monoisotopic (exact) mass is 261 g/mol. The summed E-state index contributed by atoms with van der Waals surface area (Å²) in [5.41, 5.74) is 1.01. The molecule has 2 aliphatic rings. The van der Waals surface area contributed by atoms with Crippen LogP contribution in [0.25, 0.3) is 0 Å². The molecule has 4 heteroatoms. The van der Waals surface area contributed by atoms with Gasteiger partial charge in [0.05, 0.1) is 6.10 Å². The minimum atomic E-state index is -0.229. The van der Waals surface area contributed by atoms with Crippen molar-refractivity contribution >= 4 is 6.09 Å². The van der Waals surface area contributed by atoms with Gasteiger partial charge in [-0.25, -0.2) is 4.79 Å². The maximum atomic E-state index is 12.0. The molecule has 0 radical (unpaired) electrons. The Morgan fingerprint density at radius 2 is 1.84 bits per heavy atom. The van der Waals surface area contributed by atoms with Gasteiger partial charge in [-0.1, -0.05) is 30.3 Å². The molecule has 4 nitrogen and oxygen atoms in total. The number of amides is 1. The Bertz CT molecular complexity index is 434. The zero-order valence-corrected chi connectivity index (χ0v) is 10.9. The average molecular weight is 261 g/mol.